The van der Waals surface area contributed by atoms with Crippen molar-refractivity contribution in [2.45, 2.75) is 19.3 Å². The molecule has 2 rings (SSSR count). The van der Waals surface area contributed by atoms with Gasteiger partial charge >= 0.3 is 0 Å². The highest BCUT2D eigenvalue weighted by molar-refractivity contribution is 5.96. The van der Waals surface area contributed by atoms with E-state index in [1.54, 1.807) is 24.3 Å². The van der Waals surface area contributed by atoms with Crippen LogP contribution in [0.4, 0.5) is 5.69 Å². The van der Waals surface area contributed by atoms with Crippen molar-refractivity contribution in [3.8, 4) is 0 Å². The molecule has 5 nitrogen and oxygen atoms in total. The first-order valence-electron chi connectivity index (χ1n) is 7.40. The highest BCUT2D eigenvalue weighted by atomic mass is 16.2. The second-order valence-electron chi connectivity index (χ2n) is 5.75. The summed E-state index contributed by atoms with van der Waals surface area (Å²) in [5.74, 6) is 0.189. The predicted molar refractivity (Wildman–Crippen MR) is 83.3 cm³/mol. The molecule has 0 aliphatic heterocycles. The van der Waals surface area contributed by atoms with E-state index in [-0.39, 0.29) is 17.7 Å². The number of nitrogens with zero attached hydrogens (tertiary/aromatic N) is 1. The molecule has 0 aromatic heterocycles. The quantitative estimate of drug-likeness (QED) is 0.751. The summed E-state index contributed by atoms with van der Waals surface area (Å²) in [5.41, 5.74) is 1.36. The molecule has 0 saturated heterocycles. The summed E-state index contributed by atoms with van der Waals surface area (Å²) in [6.45, 7) is 1.61. The van der Waals surface area contributed by atoms with Crippen LogP contribution in [0.3, 0.4) is 0 Å². The lowest BCUT2D eigenvalue weighted by Gasteiger charge is -2.10. The molecule has 0 unspecified atom stereocenters. The van der Waals surface area contributed by atoms with Gasteiger partial charge in [-0.3, -0.25) is 9.59 Å². The predicted octanol–water partition coefficient (Wildman–Crippen LogP) is 1.72. The van der Waals surface area contributed by atoms with Crippen LogP contribution in [0, 0.1) is 5.92 Å². The van der Waals surface area contributed by atoms with Crippen molar-refractivity contribution < 1.29 is 9.59 Å². The van der Waals surface area contributed by atoms with Gasteiger partial charge in [0.05, 0.1) is 0 Å². The number of amides is 2. The monoisotopic (exact) mass is 289 g/mol. The maximum Gasteiger partial charge on any atom is 0.251 e. The molecule has 1 fully saturated rings. The summed E-state index contributed by atoms with van der Waals surface area (Å²) in [4.78, 5) is 25.6. The Kier molecular flexibility index (Phi) is 5.33. The summed E-state index contributed by atoms with van der Waals surface area (Å²) >= 11 is 0. The summed E-state index contributed by atoms with van der Waals surface area (Å²) in [6.07, 6.45) is 2.90. The van der Waals surface area contributed by atoms with Crippen LogP contribution in [0.2, 0.25) is 0 Å². The average molecular weight is 289 g/mol. The number of carbonyl (C=O) groups is 2. The van der Waals surface area contributed by atoms with E-state index in [1.165, 1.54) is 0 Å². The lowest BCUT2D eigenvalue weighted by molar-refractivity contribution is -0.117. The van der Waals surface area contributed by atoms with Gasteiger partial charge in [-0.05, 0) is 64.2 Å². The fourth-order valence-electron chi connectivity index (χ4n) is 1.99. The molecule has 0 spiro atoms. The van der Waals surface area contributed by atoms with Crippen LogP contribution < -0.4 is 10.6 Å². The zero-order chi connectivity index (χ0) is 15.2. The van der Waals surface area contributed by atoms with E-state index in [0.717, 1.165) is 31.5 Å². The van der Waals surface area contributed by atoms with E-state index in [9.17, 15) is 9.59 Å². The van der Waals surface area contributed by atoms with Gasteiger partial charge in [0.2, 0.25) is 5.91 Å². The lowest BCUT2D eigenvalue weighted by Crippen LogP contribution is -2.27. The maximum atomic E-state index is 11.9. The number of hydrogen-bond donors (Lipinski definition) is 2. The van der Waals surface area contributed by atoms with Crippen LogP contribution in [0.1, 0.15) is 29.6 Å². The molecular formula is C16H23N3O2. The summed E-state index contributed by atoms with van der Waals surface area (Å²) in [7, 11) is 4.02. The van der Waals surface area contributed by atoms with Gasteiger partial charge in [0.15, 0.2) is 0 Å². The molecule has 1 aliphatic carbocycles. The summed E-state index contributed by atoms with van der Waals surface area (Å²) in [6, 6.07) is 7.03. The van der Waals surface area contributed by atoms with Crippen LogP contribution in [0.25, 0.3) is 0 Å². The third-order valence-corrected chi connectivity index (χ3v) is 3.43. The highest BCUT2D eigenvalue weighted by Crippen LogP contribution is 2.30. The van der Waals surface area contributed by atoms with Crippen LogP contribution in [-0.4, -0.2) is 43.9 Å². The molecule has 5 heteroatoms. The molecule has 2 N–H and O–H groups in total. The van der Waals surface area contributed by atoms with E-state index in [2.05, 4.69) is 15.5 Å². The Labute approximate surface area is 125 Å². The van der Waals surface area contributed by atoms with E-state index in [4.69, 9.17) is 0 Å². The van der Waals surface area contributed by atoms with Crippen molar-refractivity contribution in [3.05, 3.63) is 29.8 Å². The minimum Gasteiger partial charge on any atom is -0.352 e. The fourth-order valence-corrected chi connectivity index (χ4v) is 1.99. The van der Waals surface area contributed by atoms with Crippen LogP contribution >= 0.6 is 0 Å². The third kappa shape index (κ3) is 5.19. The molecule has 0 atom stereocenters. The molecule has 0 bridgehead atoms. The second kappa shape index (κ2) is 7.22. The van der Waals surface area contributed by atoms with Crippen molar-refractivity contribution in [2.75, 3.05) is 32.5 Å². The van der Waals surface area contributed by atoms with Crippen molar-refractivity contribution in [1.29, 1.82) is 0 Å². The second-order valence-corrected chi connectivity index (χ2v) is 5.75. The molecule has 21 heavy (non-hydrogen) atoms. The number of hydrogen-bond acceptors (Lipinski definition) is 3. The molecule has 1 aromatic rings. The first kappa shape index (κ1) is 15.5. The van der Waals surface area contributed by atoms with Gasteiger partial charge in [0.1, 0.15) is 0 Å². The van der Waals surface area contributed by atoms with E-state index in [0.29, 0.717) is 12.1 Å². The van der Waals surface area contributed by atoms with Crippen LogP contribution in [0.5, 0.6) is 0 Å². The summed E-state index contributed by atoms with van der Waals surface area (Å²) < 4.78 is 0. The molecule has 1 aromatic carbocycles. The Bertz CT molecular complexity index is 493. The first-order chi connectivity index (χ1) is 10.1. The minimum absolute atomic E-state index is 0.0752. The standard InChI is InChI=1S/C16H23N3O2/c1-19(2)11-3-10-17-15(20)12-6-8-14(9-7-12)18-16(21)13-4-5-13/h6-9,13H,3-5,10-11H2,1-2H3,(H,17,20)(H,18,21). The number of rotatable bonds is 7. The SMILES string of the molecule is CN(C)CCCNC(=O)c1ccc(NC(=O)C2CC2)cc1. The topological polar surface area (TPSA) is 61.4 Å². The number of carbonyl (C=O) groups excluding carboxylic acids is 2. The molecule has 0 heterocycles. The van der Waals surface area contributed by atoms with Crippen molar-refractivity contribution in [3.63, 3.8) is 0 Å². The van der Waals surface area contributed by atoms with Gasteiger partial charge in [-0.15, -0.1) is 0 Å². The zero-order valence-electron chi connectivity index (χ0n) is 12.7. The van der Waals surface area contributed by atoms with Gasteiger partial charge in [0, 0.05) is 23.7 Å². The molecule has 2 amide bonds. The van der Waals surface area contributed by atoms with Crippen molar-refractivity contribution in [1.82, 2.24) is 10.2 Å². The van der Waals surface area contributed by atoms with E-state index >= 15 is 0 Å². The number of benzene rings is 1. The van der Waals surface area contributed by atoms with Gasteiger partial charge in [-0.25, -0.2) is 0 Å². The van der Waals surface area contributed by atoms with Gasteiger partial charge < -0.3 is 15.5 Å². The van der Waals surface area contributed by atoms with Crippen molar-refractivity contribution >= 4 is 17.5 Å². The number of anilines is 1. The van der Waals surface area contributed by atoms with Gasteiger partial charge in [0.25, 0.3) is 5.91 Å². The first-order valence-corrected chi connectivity index (χ1v) is 7.40. The Morgan fingerprint density at radius 2 is 1.86 bits per heavy atom. The smallest absolute Gasteiger partial charge is 0.251 e. The highest BCUT2D eigenvalue weighted by Gasteiger charge is 2.29. The molecule has 0 radical (unpaired) electrons. The zero-order valence-corrected chi connectivity index (χ0v) is 12.7. The molecule has 114 valence electrons. The molecule has 1 aliphatic rings. The number of nitrogens with one attached hydrogen (secondary N) is 2. The maximum absolute atomic E-state index is 11.9. The summed E-state index contributed by atoms with van der Waals surface area (Å²) in [5, 5.41) is 5.75. The Hall–Kier alpha value is -1.88. The van der Waals surface area contributed by atoms with Crippen LogP contribution in [-0.2, 0) is 4.79 Å². The normalized spacial score (nSPS) is 14.0. The largest absolute Gasteiger partial charge is 0.352 e. The van der Waals surface area contributed by atoms with Crippen molar-refractivity contribution in [2.24, 2.45) is 5.92 Å². The Morgan fingerprint density at radius 3 is 2.43 bits per heavy atom. The Balaban J connectivity index is 1.77. The third-order valence-electron chi connectivity index (χ3n) is 3.43. The van der Waals surface area contributed by atoms with Crippen LogP contribution in [0.15, 0.2) is 24.3 Å². The van der Waals surface area contributed by atoms with Gasteiger partial charge in [-0.1, -0.05) is 0 Å². The van der Waals surface area contributed by atoms with E-state index in [1.807, 2.05) is 14.1 Å². The van der Waals surface area contributed by atoms with Gasteiger partial charge in [-0.2, -0.15) is 0 Å². The average Bonchev–Trinajstić information content (AvgIpc) is 3.28. The lowest BCUT2D eigenvalue weighted by atomic mass is 10.2. The Morgan fingerprint density at radius 1 is 1.19 bits per heavy atom. The molecular weight excluding hydrogens is 266 g/mol. The minimum atomic E-state index is -0.0752. The molecule has 1 saturated carbocycles. The fraction of sp³-hybridized carbons (Fsp3) is 0.500. The van der Waals surface area contributed by atoms with E-state index < -0.39 is 0 Å².